The molecule has 0 fully saturated rings. The number of halogens is 3. The zero-order valence-electron chi connectivity index (χ0n) is 14.6. The Labute approximate surface area is 154 Å². The zero-order chi connectivity index (χ0) is 19.6. The molecule has 1 atom stereocenters. The zero-order valence-corrected chi connectivity index (χ0v) is 14.6. The average Bonchev–Trinajstić information content (AvgIpc) is 3.01. The number of aromatic amines is 1. The Morgan fingerprint density at radius 3 is 2.52 bits per heavy atom. The summed E-state index contributed by atoms with van der Waals surface area (Å²) in [5.41, 5.74) is 2.19. The monoisotopic (exact) mass is 376 g/mol. The highest BCUT2D eigenvalue weighted by Crippen LogP contribution is 2.30. The molecule has 4 nitrogen and oxygen atoms in total. The summed E-state index contributed by atoms with van der Waals surface area (Å²) in [6.45, 7) is 1.42. The fourth-order valence-electron chi connectivity index (χ4n) is 2.97. The van der Waals surface area contributed by atoms with Gasteiger partial charge in [0.1, 0.15) is 0 Å². The number of aliphatic hydroxyl groups is 1. The Hall–Kier alpha value is -2.80. The number of hydrogen-bond donors (Lipinski definition) is 3. The van der Waals surface area contributed by atoms with Gasteiger partial charge in [-0.25, -0.2) is 0 Å². The molecule has 0 radical (unpaired) electrons. The first-order valence-electron chi connectivity index (χ1n) is 8.47. The molecule has 0 aliphatic carbocycles. The highest BCUT2D eigenvalue weighted by Gasteiger charge is 2.29. The minimum Gasteiger partial charge on any atom is -0.388 e. The van der Waals surface area contributed by atoms with Gasteiger partial charge in [0.25, 0.3) is 0 Å². The van der Waals surface area contributed by atoms with Crippen LogP contribution in [0.25, 0.3) is 10.9 Å². The van der Waals surface area contributed by atoms with Gasteiger partial charge in [-0.3, -0.25) is 4.79 Å². The number of anilines is 1. The highest BCUT2D eigenvalue weighted by atomic mass is 19.4. The van der Waals surface area contributed by atoms with E-state index in [0.717, 1.165) is 28.6 Å². The van der Waals surface area contributed by atoms with Crippen molar-refractivity contribution < 1.29 is 23.1 Å². The molecule has 0 saturated heterocycles. The maximum absolute atomic E-state index is 12.6. The molecule has 1 aromatic heterocycles. The van der Waals surface area contributed by atoms with Crippen LogP contribution in [0, 0.1) is 0 Å². The number of fused-ring (bicyclic) bond motifs is 1. The van der Waals surface area contributed by atoms with Gasteiger partial charge in [-0.15, -0.1) is 0 Å². The molecule has 3 rings (SSSR count). The molecular weight excluding hydrogens is 357 g/mol. The molecule has 1 unspecified atom stereocenters. The third-order valence-corrected chi connectivity index (χ3v) is 4.39. The standard InChI is InChI=1S/C20H19F3N2O2/c1-12(26)25-18-11-24-17-8-5-14(10-16(17)18)19(27)9-4-13-2-6-15(7-3-13)20(21,22)23/h2-3,5-8,10-11,19,24,27H,4,9H2,1H3,(H,25,26). The summed E-state index contributed by atoms with van der Waals surface area (Å²) in [7, 11) is 0. The summed E-state index contributed by atoms with van der Waals surface area (Å²) in [6.07, 6.45) is -2.61. The van der Waals surface area contributed by atoms with Crippen LogP contribution in [0.2, 0.25) is 0 Å². The Kier molecular flexibility index (Phi) is 5.23. The number of amides is 1. The average molecular weight is 376 g/mol. The number of H-pyrrole nitrogens is 1. The number of aromatic nitrogens is 1. The Morgan fingerprint density at radius 1 is 1.19 bits per heavy atom. The van der Waals surface area contributed by atoms with Crippen molar-refractivity contribution in [2.45, 2.75) is 32.0 Å². The van der Waals surface area contributed by atoms with Crippen molar-refractivity contribution in [1.29, 1.82) is 0 Å². The van der Waals surface area contributed by atoms with Crippen molar-refractivity contribution in [2.24, 2.45) is 0 Å². The van der Waals surface area contributed by atoms with Crippen LogP contribution in [-0.2, 0) is 17.4 Å². The number of rotatable bonds is 5. The smallest absolute Gasteiger partial charge is 0.388 e. The molecule has 1 heterocycles. The number of carbonyl (C=O) groups is 1. The largest absolute Gasteiger partial charge is 0.416 e. The van der Waals surface area contributed by atoms with Crippen molar-refractivity contribution in [3.8, 4) is 0 Å². The van der Waals surface area contributed by atoms with Gasteiger partial charge in [0.15, 0.2) is 0 Å². The molecule has 0 bridgehead atoms. The molecule has 0 aliphatic rings. The van der Waals surface area contributed by atoms with Crippen LogP contribution < -0.4 is 5.32 Å². The van der Waals surface area contributed by atoms with Gasteiger partial charge < -0.3 is 15.4 Å². The van der Waals surface area contributed by atoms with Crippen molar-refractivity contribution in [1.82, 2.24) is 4.98 Å². The van der Waals surface area contributed by atoms with E-state index in [1.54, 1.807) is 18.3 Å². The van der Waals surface area contributed by atoms with E-state index in [1.807, 2.05) is 6.07 Å². The number of nitrogens with one attached hydrogen (secondary N) is 2. The molecular formula is C20H19F3N2O2. The number of benzene rings is 2. The second-order valence-corrected chi connectivity index (χ2v) is 6.44. The van der Waals surface area contributed by atoms with Gasteiger partial charge in [-0.2, -0.15) is 13.2 Å². The van der Waals surface area contributed by atoms with Crippen LogP contribution in [0.1, 0.15) is 36.1 Å². The van der Waals surface area contributed by atoms with Crippen molar-refractivity contribution in [3.05, 3.63) is 65.4 Å². The van der Waals surface area contributed by atoms with E-state index in [2.05, 4.69) is 10.3 Å². The summed E-state index contributed by atoms with van der Waals surface area (Å²) in [4.78, 5) is 14.3. The van der Waals surface area contributed by atoms with Crippen LogP contribution in [0.5, 0.6) is 0 Å². The summed E-state index contributed by atoms with van der Waals surface area (Å²) in [6, 6.07) is 10.4. The topological polar surface area (TPSA) is 65.1 Å². The fourth-order valence-corrected chi connectivity index (χ4v) is 2.97. The quantitative estimate of drug-likeness (QED) is 0.598. The van der Waals surface area contributed by atoms with Crippen LogP contribution >= 0.6 is 0 Å². The van der Waals surface area contributed by atoms with Gasteiger partial charge in [0.2, 0.25) is 5.91 Å². The van der Waals surface area contributed by atoms with Crippen LogP contribution in [-0.4, -0.2) is 16.0 Å². The molecule has 0 saturated carbocycles. The summed E-state index contributed by atoms with van der Waals surface area (Å²) < 4.78 is 37.8. The normalized spacial score (nSPS) is 12.9. The van der Waals surface area contributed by atoms with E-state index in [-0.39, 0.29) is 5.91 Å². The van der Waals surface area contributed by atoms with Gasteiger partial charge in [-0.1, -0.05) is 18.2 Å². The number of aryl methyl sites for hydroxylation is 1. The van der Waals surface area contributed by atoms with Crippen molar-refractivity contribution in [2.75, 3.05) is 5.32 Å². The van der Waals surface area contributed by atoms with Gasteiger partial charge in [0.05, 0.1) is 17.4 Å². The predicted molar refractivity (Wildman–Crippen MR) is 97.3 cm³/mol. The van der Waals surface area contributed by atoms with E-state index in [4.69, 9.17) is 0 Å². The van der Waals surface area contributed by atoms with E-state index < -0.39 is 17.8 Å². The summed E-state index contributed by atoms with van der Waals surface area (Å²) >= 11 is 0. The minimum atomic E-state index is -4.35. The van der Waals surface area contributed by atoms with Crippen LogP contribution in [0.3, 0.4) is 0 Å². The van der Waals surface area contributed by atoms with Gasteiger partial charge >= 0.3 is 6.18 Å². The first-order valence-corrected chi connectivity index (χ1v) is 8.47. The second kappa shape index (κ2) is 7.44. The Balaban J connectivity index is 1.70. The molecule has 1 amide bonds. The lowest BCUT2D eigenvalue weighted by molar-refractivity contribution is -0.137. The third-order valence-electron chi connectivity index (χ3n) is 4.39. The van der Waals surface area contributed by atoms with Crippen molar-refractivity contribution in [3.63, 3.8) is 0 Å². The maximum Gasteiger partial charge on any atom is 0.416 e. The van der Waals surface area contributed by atoms with Gasteiger partial charge in [0, 0.05) is 24.0 Å². The van der Waals surface area contributed by atoms with Crippen LogP contribution in [0.15, 0.2) is 48.7 Å². The highest BCUT2D eigenvalue weighted by molar-refractivity contribution is 6.01. The third kappa shape index (κ3) is 4.49. The minimum absolute atomic E-state index is 0.191. The maximum atomic E-state index is 12.6. The first kappa shape index (κ1) is 19.0. The molecule has 142 valence electrons. The number of aliphatic hydroxyl groups excluding tert-OH is 1. The summed E-state index contributed by atoms with van der Waals surface area (Å²) in [5.74, 6) is -0.191. The van der Waals surface area contributed by atoms with Crippen LogP contribution in [0.4, 0.5) is 18.9 Å². The lowest BCUT2D eigenvalue weighted by Gasteiger charge is -2.12. The molecule has 0 aliphatic heterocycles. The van der Waals surface area contributed by atoms with Gasteiger partial charge in [-0.05, 0) is 48.2 Å². The lowest BCUT2D eigenvalue weighted by Crippen LogP contribution is -2.05. The molecule has 0 spiro atoms. The SMILES string of the molecule is CC(=O)Nc1c[nH]c2ccc(C(O)CCc3ccc(C(F)(F)F)cc3)cc12. The molecule has 27 heavy (non-hydrogen) atoms. The molecule has 2 aromatic carbocycles. The van der Waals surface area contributed by atoms with E-state index in [0.29, 0.717) is 24.1 Å². The fraction of sp³-hybridized carbons (Fsp3) is 0.250. The Bertz CT molecular complexity index is 946. The lowest BCUT2D eigenvalue weighted by atomic mass is 9.99. The summed E-state index contributed by atoms with van der Waals surface area (Å²) in [5, 5.41) is 14.0. The number of carbonyl (C=O) groups excluding carboxylic acids is 1. The number of hydrogen-bond acceptors (Lipinski definition) is 2. The van der Waals surface area contributed by atoms with E-state index >= 15 is 0 Å². The van der Waals surface area contributed by atoms with Crippen molar-refractivity contribution >= 4 is 22.5 Å². The number of alkyl halides is 3. The van der Waals surface area contributed by atoms with E-state index in [1.165, 1.54) is 19.1 Å². The second-order valence-electron chi connectivity index (χ2n) is 6.44. The molecule has 3 aromatic rings. The Morgan fingerprint density at radius 2 is 1.89 bits per heavy atom. The van der Waals surface area contributed by atoms with E-state index in [9.17, 15) is 23.1 Å². The predicted octanol–water partition coefficient (Wildman–Crippen LogP) is 4.81. The molecule has 3 N–H and O–H groups in total. The first-order chi connectivity index (χ1) is 12.7. The molecule has 7 heteroatoms.